The zero-order valence-corrected chi connectivity index (χ0v) is 14.8. The van der Waals surface area contributed by atoms with E-state index in [2.05, 4.69) is 5.32 Å². The Labute approximate surface area is 149 Å². The average molecular weight is 347 g/mol. The van der Waals surface area contributed by atoms with Crippen LogP contribution in [0, 0.1) is 0 Å². The van der Waals surface area contributed by atoms with Crippen LogP contribution < -0.4 is 11.1 Å². The van der Waals surface area contributed by atoms with Gasteiger partial charge in [0.1, 0.15) is 6.61 Å². The van der Waals surface area contributed by atoms with Crippen molar-refractivity contribution in [2.75, 3.05) is 19.6 Å². The van der Waals surface area contributed by atoms with Gasteiger partial charge in [-0.25, -0.2) is 4.79 Å². The van der Waals surface area contributed by atoms with Gasteiger partial charge in [0.25, 0.3) is 0 Å². The van der Waals surface area contributed by atoms with Crippen LogP contribution in [0.5, 0.6) is 0 Å². The number of rotatable bonds is 2. The summed E-state index contributed by atoms with van der Waals surface area (Å²) in [7, 11) is 0. The lowest BCUT2D eigenvalue weighted by Crippen LogP contribution is -2.40. The molecule has 1 heterocycles. The average Bonchev–Trinajstić information content (AvgIpc) is 2.65. The number of carbonyl (C=O) groups excluding carboxylic acids is 2. The van der Waals surface area contributed by atoms with E-state index in [0.29, 0.717) is 32.7 Å². The molecule has 0 aliphatic carbocycles. The third kappa shape index (κ3) is 7.13. The van der Waals surface area contributed by atoms with Crippen molar-refractivity contribution in [1.29, 1.82) is 0 Å². The van der Waals surface area contributed by atoms with Crippen LogP contribution >= 0.6 is 0 Å². The first-order valence-electron chi connectivity index (χ1n) is 9.16. The Hall–Kier alpha value is -2.08. The Kier molecular flexibility index (Phi) is 8.25. The molecule has 138 valence electrons. The number of carbonyl (C=O) groups is 2. The van der Waals surface area contributed by atoms with Gasteiger partial charge < -0.3 is 20.7 Å². The zero-order valence-electron chi connectivity index (χ0n) is 14.8. The van der Waals surface area contributed by atoms with E-state index < -0.39 is 6.04 Å². The second-order valence-electron chi connectivity index (χ2n) is 6.48. The van der Waals surface area contributed by atoms with Crippen LogP contribution in [0.3, 0.4) is 0 Å². The molecule has 0 aromatic heterocycles. The van der Waals surface area contributed by atoms with Crippen LogP contribution in [0.2, 0.25) is 0 Å². The highest BCUT2D eigenvalue weighted by molar-refractivity contribution is 5.81. The normalized spacial score (nSPS) is 20.6. The van der Waals surface area contributed by atoms with Crippen molar-refractivity contribution in [3.8, 4) is 0 Å². The predicted molar refractivity (Wildman–Crippen MR) is 96.9 cm³/mol. The van der Waals surface area contributed by atoms with Crippen molar-refractivity contribution in [3.05, 3.63) is 35.9 Å². The van der Waals surface area contributed by atoms with Crippen molar-refractivity contribution < 1.29 is 14.3 Å². The first-order valence-corrected chi connectivity index (χ1v) is 9.16. The van der Waals surface area contributed by atoms with Gasteiger partial charge in [0.2, 0.25) is 5.91 Å². The standard InChI is InChI=1S/C19H29N3O3/c20-17-11-5-8-14-22(13-7-2-6-12-21-18(17)23)19(24)25-15-16-9-3-1-4-10-16/h1,3-4,9-10,17H,2,5-8,11-15,20H2,(H,21,23)/t17-/m0/s1. The van der Waals surface area contributed by atoms with E-state index in [1.807, 2.05) is 30.3 Å². The topological polar surface area (TPSA) is 84.7 Å². The fourth-order valence-corrected chi connectivity index (χ4v) is 2.85. The number of benzene rings is 1. The van der Waals surface area contributed by atoms with E-state index in [4.69, 9.17) is 10.5 Å². The van der Waals surface area contributed by atoms with Gasteiger partial charge >= 0.3 is 6.09 Å². The maximum atomic E-state index is 12.4. The van der Waals surface area contributed by atoms with Gasteiger partial charge in [0, 0.05) is 19.6 Å². The van der Waals surface area contributed by atoms with E-state index in [1.54, 1.807) is 4.90 Å². The molecule has 1 fully saturated rings. The molecule has 0 radical (unpaired) electrons. The van der Waals surface area contributed by atoms with Crippen LogP contribution in [0.25, 0.3) is 0 Å². The van der Waals surface area contributed by atoms with Crippen molar-refractivity contribution in [2.45, 2.75) is 51.2 Å². The molecule has 2 rings (SSSR count). The number of hydrogen-bond acceptors (Lipinski definition) is 4. The van der Waals surface area contributed by atoms with E-state index >= 15 is 0 Å². The summed E-state index contributed by atoms with van der Waals surface area (Å²) in [5, 5.41) is 2.87. The number of nitrogens with zero attached hydrogens (tertiary/aromatic N) is 1. The summed E-state index contributed by atoms with van der Waals surface area (Å²) in [5.74, 6) is -0.0710. The third-order valence-corrected chi connectivity index (χ3v) is 4.40. The Morgan fingerprint density at radius 1 is 1.12 bits per heavy atom. The van der Waals surface area contributed by atoms with Gasteiger partial charge in [-0.05, 0) is 44.1 Å². The molecule has 1 aliphatic heterocycles. The van der Waals surface area contributed by atoms with Crippen LogP contribution in [0.15, 0.2) is 30.3 Å². The van der Waals surface area contributed by atoms with Gasteiger partial charge in [-0.2, -0.15) is 0 Å². The summed E-state index contributed by atoms with van der Waals surface area (Å²) in [6.07, 6.45) is 4.76. The number of ether oxygens (including phenoxy) is 1. The predicted octanol–water partition coefficient (Wildman–Crippen LogP) is 2.42. The maximum Gasteiger partial charge on any atom is 0.410 e. The van der Waals surface area contributed by atoms with Crippen LogP contribution in [0.4, 0.5) is 4.79 Å². The maximum absolute atomic E-state index is 12.4. The minimum Gasteiger partial charge on any atom is -0.445 e. The van der Waals surface area contributed by atoms with Crippen LogP contribution in [-0.2, 0) is 16.1 Å². The Morgan fingerprint density at radius 3 is 2.60 bits per heavy atom. The highest BCUT2D eigenvalue weighted by Crippen LogP contribution is 2.09. The molecule has 1 aliphatic rings. The lowest BCUT2D eigenvalue weighted by Gasteiger charge is -2.22. The smallest absolute Gasteiger partial charge is 0.410 e. The van der Waals surface area contributed by atoms with E-state index in [1.165, 1.54) is 0 Å². The quantitative estimate of drug-likeness (QED) is 0.860. The molecular formula is C19H29N3O3. The third-order valence-electron chi connectivity index (χ3n) is 4.40. The molecule has 2 amide bonds. The van der Waals surface area contributed by atoms with Crippen LogP contribution in [0.1, 0.15) is 44.1 Å². The molecule has 0 spiro atoms. The minimum absolute atomic E-state index is 0.0710. The Bertz CT molecular complexity index is 536. The van der Waals surface area contributed by atoms with Gasteiger partial charge in [0.15, 0.2) is 0 Å². The molecule has 25 heavy (non-hydrogen) atoms. The molecule has 1 atom stereocenters. The van der Waals surface area contributed by atoms with Crippen molar-refractivity contribution in [1.82, 2.24) is 10.2 Å². The summed E-state index contributed by atoms with van der Waals surface area (Å²) >= 11 is 0. The van der Waals surface area contributed by atoms with Crippen molar-refractivity contribution in [3.63, 3.8) is 0 Å². The Balaban J connectivity index is 1.84. The van der Waals surface area contributed by atoms with Gasteiger partial charge in [-0.1, -0.05) is 30.3 Å². The molecule has 0 saturated carbocycles. The summed E-state index contributed by atoms with van der Waals surface area (Å²) in [6, 6.07) is 9.23. The monoisotopic (exact) mass is 347 g/mol. The van der Waals surface area contributed by atoms with Gasteiger partial charge in [-0.15, -0.1) is 0 Å². The molecule has 0 bridgehead atoms. The fraction of sp³-hybridized carbons (Fsp3) is 0.579. The SMILES string of the molecule is N[C@H]1CCCCN(C(=O)OCc2ccccc2)CCCCCNC1=O. The summed E-state index contributed by atoms with van der Waals surface area (Å²) < 4.78 is 5.45. The molecule has 3 N–H and O–H groups in total. The summed E-state index contributed by atoms with van der Waals surface area (Å²) in [6.45, 7) is 2.26. The first-order chi connectivity index (χ1) is 12.2. The lowest BCUT2D eigenvalue weighted by atomic mass is 10.1. The minimum atomic E-state index is -0.459. The van der Waals surface area contributed by atoms with E-state index in [9.17, 15) is 9.59 Å². The highest BCUT2D eigenvalue weighted by Gasteiger charge is 2.17. The van der Waals surface area contributed by atoms with Gasteiger partial charge in [-0.3, -0.25) is 4.79 Å². The van der Waals surface area contributed by atoms with Crippen molar-refractivity contribution in [2.24, 2.45) is 5.73 Å². The number of hydrogen-bond donors (Lipinski definition) is 2. The number of nitrogens with one attached hydrogen (secondary N) is 1. The molecule has 0 unspecified atom stereocenters. The van der Waals surface area contributed by atoms with Crippen LogP contribution in [-0.4, -0.2) is 42.6 Å². The lowest BCUT2D eigenvalue weighted by molar-refractivity contribution is -0.122. The number of nitrogens with two attached hydrogens (primary N) is 1. The fourth-order valence-electron chi connectivity index (χ4n) is 2.85. The molecule has 1 aromatic carbocycles. The summed E-state index contributed by atoms with van der Waals surface area (Å²) in [5.41, 5.74) is 6.87. The molecule has 1 saturated heterocycles. The molecule has 1 aromatic rings. The summed E-state index contributed by atoms with van der Waals surface area (Å²) in [4.78, 5) is 26.0. The highest BCUT2D eigenvalue weighted by atomic mass is 16.6. The van der Waals surface area contributed by atoms with Crippen molar-refractivity contribution >= 4 is 12.0 Å². The Morgan fingerprint density at radius 2 is 1.84 bits per heavy atom. The van der Waals surface area contributed by atoms with Gasteiger partial charge in [0.05, 0.1) is 6.04 Å². The first kappa shape index (κ1) is 19.2. The second kappa shape index (κ2) is 10.7. The second-order valence-corrected chi connectivity index (χ2v) is 6.48. The molecular weight excluding hydrogens is 318 g/mol. The largest absolute Gasteiger partial charge is 0.445 e. The van der Waals surface area contributed by atoms with E-state index in [0.717, 1.165) is 37.7 Å². The number of amides is 2. The molecule has 6 nitrogen and oxygen atoms in total. The van der Waals surface area contributed by atoms with E-state index in [-0.39, 0.29) is 12.0 Å². The molecule has 6 heteroatoms. The zero-order chi connectivity index (χ0) is 17.9.